The summed E-state index contributed by atoms with van der Waals surface area (Å²) in [5, 5.41) is 39.2. The van der Waals surface area contributed by atoms with E-state index in [2.05, 4.69) is 9.98 Å². The minimum Gasteiger partial charge on any atom is -0.492 e. The number of halogens is 1. The van der Waals surface area contributed by atoms with Crippen molar-refractivity contribution in [1.82, 2.24) is 9.46 Å². The Morgan fingerprint density at radius 1 is 0.683 bits per heavy atom. The number of pyridine rings is 2. The van der Waals surface area contributed by atoms with E-state index in [0.29, 0.717) is 44.4 Å². The van der Waals surface area contributed by atoms with Gasteiger partial charge in [-0.25, -0.2) is 0 Å². The molecule has 0 spiro atoms. The van der Waals surface area contributed by atoms with Crippen LogP contribution in [-0.4, -0.2) is 41.5 Å². The number of aryl methyl sites for hydroxylation is 4. The van der Waals surface area contributed by atoms with Crippen LogP contribution >= 0.6 is 11.6 Å². The van der Waals surface area contributed by atoms with Crippen LogP contribution in [0, 0.1) is 27.7 Å². The third-order valence-corrected chi connectivity index (χ3v) is 6.71. The quantitative estimate of drug-likeness (QED) is 0.179. The van der Waals surface area contributed by atoms with Gasteiger partial charge in [-0.15, -0.1) is 9.46 Å². The smallest absolute Gasteiger partial charge is 0.286 e. The second-order valence-corrected chi connectivity index (χ2v) is 9.87. The molecule has 0 radical (unpaired) electrons. The van der Waals surface area contributed by atoms with Crippen molar-refractivity contribution in [3.8, 4) is 11.8 Å². The lowest BCUT2D eigenvalue weighted by Gasteiger charge is -2.10. The van der Waals surface area contributed by atoms with E-state index in [4.69, 9.17) is 11.6 Å². The first kappa shape index (κ1) is 30.7. The fourth-order valence-corrected chi connectivity index (χ4v) is 4.31. The maximum Gasteiger partial charge on any atom is 0.286 e. The Hall–Kier alpha value is -4.83. The third-order valence-electron chi connectivity index (χ3n) is 6.39. The SMILES string of the molecule is CC(=Nc1ccc(C)c(C)c1)c1c(C)cc(=O)n(O)c1O.CC(=Nc1ccccc1Cl)c1c(C)cc(=O)n(O)c1O. The minimum atomic E-state index is -0.700. The van der Waals surface area contributed by atoms with Gasteiger partial charge in [-0.2, -0.15) is 0 Å². The fourth-order valence-electron chi connectivity index (χ4n) is 4.13. The summed E-state index contributed by atoms with van der Waals surface area (Å²) in [7, 11) is 0. The first-order valence-electron chi connectivity index (χ1n) is 12.5. The van der Waals surface area contributed by atoms with Crippen LogP contribution in [0.25, 0.3) is 0 Å². The molecule has 10 nitrogen and oxygen atoms in total. The van der Waals surface area contributed by atoms with E-state index in [1.165, 1.54) is 17.7 Å². The van der Waals surface area contributed by atoms with Crippen LogP contribution in [0.3, 0.4) is 0 Å². The Morgan fingerprint density at radius 2 is 1.17 bits per heavy atom. The molecule has 4 rings (SSSR count). The molecule has 0 amide bonds. The standard InChI is InChI=1S/C16H18N2O3.C14H13ClN2O3/c1-9-5-6-13(7-10(9)2)17-12(4)15-11(3)8-14(19)18(21)16(15)20;1-8-7-12(18)17(20)14(19)13(8)9(2)16-11-6-4-3-5-10(11)15/h5-8,20-21H,1-4H3;3-7,19-20H,1-2H3. The zero-order valence-corrected chi connectivity index (χ0v) is 24.2. The van der Waals surface area contributed by atoms with Crippen LogP contribution in [0.2, 0.25) is 5.02 Å². The van der Waals surface area contributed by atoms with Crippen molar-refractivity contribution in [3.05, 3.63) is 114 Å². The molecule has 0 saturated carbocycles. The van der Waals surface area contributed by atoms with Gasteiger partial charge in [0.15, 0.2) is 0 Å². The van der Waals surface area contributed by atoms with Crippen LogP contribution in [0.15, 0.2) is 74.2 Å². The molecule has 0 fully saturated rings. The number of hydrogen-bond acceptors (Lipinski definition) is 8. The predicted molar refractivity (Wildman–Crippen MR) is 160 cm³/mol. The summed E-state index contributed by atoms with van der Waals surface area (Å²) in [5.41, 5.74) is 4.92. The van der Waals surface area contributed by atoms with E-state index in [1.807, 2.05) is 32.0 Å². The van der Waals surface area contributed by atoms with E-state index < -0.39 is 22.9 Å². The summed E-state index contributed by atoms with van der Waals surface area (Å²) in [6.45, 7) is 10.8. The second kappa shape index (κ2) is 12.6. The van der Waals surface area contributed by atoms with Crippen LogP contribution in [0.4, 0.5) is 11.4 Å². The molecule has 214 valence electrons. The zero-order chi connectivity index (χ0) is 30.6. The van der Waals surface area contributed by atoms with Gasteiger partial charge in [0.1, 0.15) is 0 Å². The molecule has 0 unspecified atom stereocenters. The number of rotatable bonds is 4. The Bertz CT molecular complexity index is 1800. The molecular formula is C30H31ClN4O6. The molecule has 11 heteroatoms. The molecule has 0 atom stereocenters. The number of aromatic hydroxyl groups is 2. The molecule has 2 heterocycles. The zero-order valence-electron chi connectivity index (χ0n) is 23.5. The second-order valence-electron chi connectivity index (χ2n) is 9.47. The van der Waals surface area contributed by atoms with Gasteiger partial charge in [0.2, 0.25) is 11.8 Å². The van der Waals surface area contributed by atoms with E-state index in [1.54, 1.807) is 52.0 Å². The van der Waals surface area contributed by atoms with E-state index in [-0.39, 0.29) is 9.46 Å². The molecule has 0 aliphatic rings. The Kier molecular flexibility index (Phi) is 9.41. The summed E-state index contributed by atoms with van der Waals surface area (Å²) >= 11 is 6.02. The molecule has 0 bridgehead atoms. The number of aliphatic imine (C=N–C) groups is 2. The lowest BCUT2D eigenvalue weighted by atomic mass is 10.1. The van der Waals surface area contributed by atoms with Crippen molar-refractivity contribution in [1.29, 1.82) is 0 Å². The van der Waals surface area contributed by atoms with E-state index >= 15 is 0 Å². The number of hydrogen-bond donors (Lipinski definition) is 4. The average molecular weight is 579 g/mol. The van der Waals surface area contributed by atoms with Crippen molar-refractivity contribution in [2.24, 2.45) is 9.98 Å². The van der Waals surface area contributed by atoms with Gasteiger partial charge in [0.05, 0.1) is 38.9 Å². The Labute approximate surface area is 241 Å². The summed E-state index contributed by atoms with van der Waals surface area (Å²) in [6, 6.07) is 15.3. The number of nitrogens with zero attached hydrogens (tertiary/aromatic N) is 4. The predicted octanol–water partition coefficient (Wildman–Crippen LogP) is 5.75. The summed E-state index contributed by atoms with van der Waals surface area (Å²) in [4.78, 5) is 31.5. The van der Waals surface area contributed by atoms with Gasteiger partial charge in [-0.05, 0) is 88.1 Å². The topological polar surface area (TPSA) is 150 Å². The van der Waals surface area contributed by atoms with Crippen molar-refractivity contribution < 1.29 is 20.6 Å². The van der Waals surface area contributed by atoms with Crippen molar-refractivity contribution in [2.45, 2.75) is 41.5 Å². The largest absolute Gasteiger partial charge is 0.492 e. The van der Waals surface area contributed by atoms with Gasteiger partial charge in [-0.3, -0.25) is 19.6 Å². The van der Waals surface area contributed by atoms with Crippen molar-refractivity contribution >= 4 is 34.4 Å². The van der Waals surface area contributed by atoms with Crippen LogP contribution in [-0.2, 0) is 0 Å². The van der Waals surface area contributed by atoms with Crippen LogP contribution in [0.5, 0.6) is 11.8 Å². The lowest BCUT2D eigenvalue weighted by Crippen LogP contribution is -2.20. The van der Waals surface area contributed by atoms with Gasteiger partial charge in [0, 0.05) is 12.1 Å². The number of aromatic nitrogens is 2. The highest BCUT2D eigenvalue weighted by Gasteiger charge is 2.16. The number of para-hydroxylation sites is 1. The maximum absolute atomic E-state index is 11.4. The molecule has 0 saturated heterocycles. The first-order valence-corrected chi connectivity index (χ1v) is 12.8. The first-order chi connectivity index (χ1) is 19.2. The Balaban J connectivity index is 0.000000226. The average Bonchev–Trinajstić information content (AvgIpc) is 2.90. The molecule has 4 aromatic rings. The minimum absolute atomic E-state index is 0.188. The normalized spacial score (nSPS) is 11.7. The summed E-state index contributed by atoms with van der Waals surface area (Å²) in [6.07, 6.45) is 0. The van der Waals surface area contributed by atoms with Crippen LogP contribution in [0.1, 0.15) is 47.2 Å². The molecule has 0 aliphatic heterocycles. The van der Waals surface area contributed by atoms with Crippen LogP contribution < -0.4 is 11.1 Å². The van der Waals surface area contributed by atoms with Crippen molar-refractivity contribution in [3.63, 3.8) is 0 Å². The molecule has 2 aromatic carbocycles. The highest BCUT2D eigenvalue weighted by atomic mass is 35.5. The molecular weight excluding hydrogens is 548 g/mol. The highest BCUT2D eigenvalue weighted by molar-refractivity contribution is 6.33. The number of benzene rings is 2. The monoisotopic (exact) mass is 578 g/mol. The summed E-state index contributed by atoms with van der Waals surface area (Å²) in [5.74, 6) is -1.03. The fraction of sp³-hybridized carbons (Fsp3) is 0.200. The van der Waals surface area contributed by atoms with Gasteiger partial charge < -0.3 is 20.6 Å². The molecule has 4 N–H and O–H groups in total. The van der Waals surface area contributed by atoms with Gasteiger partial charge >= 0.3 is 0 Å². The third kappa shape index (κ3) is 6.85. The van der Waals surface area contributed by atoms with Gasteiger partial charge in [0.25, 0.3) is 11.1 Å². The lowest BCUT2D eigenvalue weighted by molar-refractivity contribution is 0.143. The molecule has 41 heavy (non-hydrogen) atoms. The highest BCUT2D eigenvalue weighted by Crippen LogP contribution is 2.27. The Morgan fingerprint density at radius 3 is 1.66 bits per heavy atom. The van der Waals surface area contributed by atoms with Gasteiger partial charge in [-0.1, -0.05) is 29.8 Å². The van der Waals surface area contributed by atoms with E-state index in [0.717, 1.165) is 11.3 Å². The maximum atomic E-state index is 11.4. The van der Waals surface area contributed by atoms with E-state index in [9.17, 15) is 30.2 Å². The molecule has 2 aromatic heterocycles. The van der Waals surface area contributed by atoms with Crippen molar-refractivity contribution in [2.75, 3.05) is 0 Å². The molecule has 0 aliphatic carbocycles. The summed E-state index contributed by atoms with van der Waals surface area (Å²) < 4.78 is 0.412.